The van der Waals surface area contributed by atoms with Crippen molar-refractivity contribution in [3.63, 3.8) is 0 Å². The van der Waals surface area contributed by atoms with Crippen molar-refractivity contribution in [2.45, 2.75) is 85.5 Å². The largest absolute Gasteiger partial charge is 0.298 e. The summed E-state index contributed by atoms with van der Waals surface area (Å²) in [6, 6.07) is 27.3. The summed E-state index contributed by atoms with van der Waals surface area (Å²) in [7, 11) is 0. The molecule has 41 heavy (non-hydrogen) atoms. The molecular weight excluding hydrogens is 500 g/mol. The Morgan fingerprint density at radius 3 is 2.00 bits per heavy atom. The molecule has 0 amide bonds. The highest BCUT2D eigenvalue weighted by Crippen LogP contribution is 2.43. The maximum atomic E-state index is 12.7. The molecule has 0 radical (unpaired) electrons. The van der Waals surface area contributed by atoms with E-state index in [0.29, 0.717) is 12.2 Å². The van der Waals surface area contributed by atoms with E-state index in [2.05, 4.69) is 125 Å². The summed E-state index contributed by atoms with van der Waals surface area (Å²) in [6.45, 7) is 10.4. The zero-order chi connectivity index (χ0) is 30.3. The molecule has 0 N–H and O–H groups in total. The van der Waals surface area contributed by atoms with Crippen LogP contribution in [-0.4, -0.2) is 11.6 Å². The van der Waals surface area contributed by atoms with E-state index in [1.54, 1.807) is 0 Å². The maximum absolute atomic E-state index is 12.7. The van der Waals surface area contributed by atoms with Crippen molar-refractivity contribution < 1.29 is 9.59 Å². The van der Waals surface area contributed by atoms with Crippen LogP contribution >= 0.6 is 0 Å². The zero-order valence-electron chi connectivity index (χ0n) is 25.7. The number of ketones is 2. The molecule has 3 unspecified atom stereocenters. The standard InChI is InChI=1S/C21H26O2.C13H12.C3H8.C2H2/c1-4-14(2)20(23)21(3)11-10-17(13-21)15-8-9-18-16(12-15)6-5-7-19(18)22;1-3-7-12(8-4-1)11-13-9-5-2-6-10-13;1-3-2;1-2/h8-12,14,17H,4-7,13H2,1-3H3;1-10H,11H2;3H2,1-2H3;1-2H. The number of terminal acetylenes is 1. The van der Waals surface area contributed by atoms with Gasteiger partial charge in [0.1, 0.15) is 5.78 Å². The van der Waals surface area contributed by atoms with Gasteiger partial charge < -0.3 is 0 Å². The first-order chi connectivity index (χ1) is 19.8. The fourth-order valence-electron chi connectivity index (χ4n) is 5.41. The number of benzene rings is 3. The molecule has 3 aromatic rings. The number of carbonyl (C=O) groups excluding carboxylic acids is 2. The first-order valence-corrected chi connectivity index (χ1v) is 15.1. The van der Waals surface area contributed by atoms with Crippen molar-refractivity contribution in [2.75, 3.05) is 0 Å². The fraction of sp³-hybridized carbons (Fsp3) is 0.385. The van der Waals surface area contributed by atoms with Gasteiger partial charge in [0.25, 0.3) is 0 Å². The third kappa shape index (κ3) is 9.72. The van der Waals surface area contributed by atoms with Crippen LogP contribution < -0.4 is 0 Å². The lowest BCUT2D eigenvalue weighted by Gasteiger charge is -2.26. The van der Waals surface area contributed by atoms with Gasteiger partial charge in [-0.2, -0.15) is 0 Å². The summed E-state index contributed by atoms with van der Waals surface area (Å²) < 4.78 is 0. The van der Waals surface area contributed by atoms with Gasteiger partial charge in [-0.1, -0.05) is 125 Å². The van der Waals surface area contributed by atoms with Crippen molar-refractivity contribution in [3.8, 4) is 12.8 Å². The number of aryl methyl sites for hydroxylation is 1. The minimum atomic E-state index is -0.341. The highest BCUT2D eigenvalue weighted by molar-refractivity contribution is 5.98. The molecule has 5 rings (SSSR count). The Labute approximate surface area is 249 Å². The molecule has 2 aliphatic carbocycles. The Hall–Kier alpha value is -3.70. The first-order valence-electron chi connectivity index (χ1n) is 15.1. The van der Waals surface area contributed by atoms with E-state index in [4.69, 9.17) is 0 Å². The predicted octanol–water partition coefficient (Wildman–Crippen LogP) is 9.81. The molecule has 0 saturated carbocycles. The molecular formula is C39H48O2. The maximum Gasteiger partial charge on any atom is 0.163 e. The number of fused-ring (bicyclic) bond motifs is 1. The lowest BCUT2D eigenvalue weighted by atomic mass is 9.76. The fourth-order valence-corrected chi connectivity index (χ4v) is 5.41. The van der Waals surface area contributed by atoms with E-state index in [-0.39, 0.29) is 23.0 Å². The van der Waals surface area contributed by atoms with Crippen molar-refractivity contribution in [1.29, 1.82) is 0 Å². The molecule has 0 aliphatic heterocycles. The lowest BCUT2D eigenvalue weighted by Crippen LogP contribution is -2.29. The van der Waals surface area contributed by atoms with Crippen LogP contribution in [0.2, 0.25) is 0 Å². The van der Waals surface area contributed by atoms with Gasteiger partial charge in [0.05, 0.1) is 0 Å². The van der Waals surface area contributed by atoms with Crippen LogP contribution in [0.15, 0.2) is 91.0 Å². The summed E-state index contributed by atoms with van der Waals surface area (Å²) in [5.74, 6) is 1.03. The van der Waals surface area contributed by atoms with E-state index >= 15 is 0 Å². The molecule has 0 heterocycles. The van der Waals surface area contributed by atoms with Gasteiger partial charge in [-0.15, -0.1) is 12.8 Å². The summed E-state index contributed by atoms with van der Waals surface area (Å²) in [6.07, 6.45) is 19.0. The molecule has 0 aromatic heterocycles. The molecule has 0 fully saturated rings. The summed E-state index contributed by atoms with van der Waals surface area (Å²) in [5.41, 5.74) is 5.73. The van der Waals surface area contributed by atoms with Crippen LogP contribution in [0.4, 0.5) is 0 Å². The number of allylic oxidation sites excluding steroid dienone is 2. The second kappa shape index (κ2) is 17.2. The molecule has 2 heteroatoms. The topological polar surface area (TPSA) is 34.1 Å². The van der Waals surface area contributed by atoms with Gasteiger partial charge in [-0.05, 0) is 61.3 Å². The van der Waals surface area contributed by atoms with E-state index in [1.807, 2.05) is 13.0 Å². The van der Waals surface area contributed by atoms with Gasteiger partial charge in [0.2, 0.25) is 0 Å². The molecule has 2 aliphatic rings. The normalized spacial score (nSPS) is 19.2. The zero-order valence-corrected chi connectivity index (χ0v) is 25.7. The van der Waals surface area contributed by atoms with Crippen LogP contribution in [0, 0.1) is 24.2 Å². The molecule has 3 aromatic carbocycles. The Morgan fingerprint density at radius 2 is 1.46 bits per heavy atom. The number of rotatable bonds is 6. The average molecular weight is 549 g/mol. The highest BCUT2D eigenvalue weighted by Gasteiger charge is 2.39. The van der Waals surface area contributed by atoms with Gasteiger partial charge >= 0.3 is 0 Å². The van der Waals surface area contributed by atoms with Crippen LogP contribution in [0.5, 0.6) is 0 Å². The third-order valence-corrected chi connectivity index (χ3v) is 7.76. The average Bonchev–Trinajstić information content (AvgIpc) is 3.42. The second-order valence-corrected chi connectivity index (χ2v) is 11.3. The minimum absolute atomic E-state index is 0.115. The van der Waals surface area contributed by atoms with E-state index in [1.165, 1.54) is 28.7 Å². The predicted molar refractivity (Wildman–Crippen MR) is 174 cm³/mol. The molecule has 0 bridgehead atoms. The van der Waals surface area contributed by atoms with Gasteiger partial charge in [-0.25, -0.2) is 0 Å². The van der Waals surface area contributed by atoms with Gasteiger partial charge in [-0.3, -0.25) is 9.59 Å². The van der Waals surface area contributed by atoms with Crippen molar-refractivity contribution in [3.05, 3.63) is 119 Å². The molecule has 3 atom stereocenters. The Balaban J connectivity index is 0.000000275. The molecule has 216 valence electrons. The number of hydrogen-bond donors (Lipinski definition) is 0. The van der Waals surface area contributed by atoms with Gasteiger partial charge in [0, 0.05) is 29.2 Å². The quantitative estimate of drug-likeness (QED) is 0.227. The van der Waals surface area contributed by atoms with Gasteiger partial charge in [0.15, 0.2) is 5.78 Å². The van der Waals surface area contributed by atoms with Crippen molar-refractivity contribution in [2.24, 2.45) is 11.3 Å². The van der Waals surface area contributed by atoms with Crippen LogP contribution in [0.1, 0.15) is 105 Å². The summed E-state index contributed by atoms with van der Waals surface area (Å²) in [5, 5.41) is 0. The molecule has 2 nitrogen and oxygen atoms in total. The number of hydrogen-bond acceptors (Lipinski definition) is 2. The summed E-state index contributed by atoms with van der Waals surface area (Å²) in [4.78, 5) is 24.6. The first kappa shape index (κ1) is 33.5. The molecule has 0 saturated heterocycles. The van der Waals surface area contributed by atoms with Crippen molar-refractivity contribution >= 4 is 11.6 Å². The third-order valence-electron chi connectivity index (χ3n) is 7.76. The van der Waals surface area contributed by atoms with Crippen LogP contribution in [0.3, 0.4) is 0 Å². The number of carbonyl (C=O) groups is 2. The smallest absolute Gasteiger partial charge is 0.163 e. The van der Waals surface area contributed by atoms with Crippen molar-refractivity contribution in [1.82, 2.24) is 0 Å². The van der Waals surface area contributed by atoms with Crippen LogP contribution in [-0.2, 0) is 17.6 Å². The van der Waals surface area contributed by atoms with E-state index in [0.717, 1.165) is 37.7 Å². The minimum Gasteiger partial charge on any atom is -0.298 e. The monoisotopic (exact) mass is 548 g/mol. The Bertz CT molecular complexity index is 1230. The SMILES string of the molecule is C#C.CCC.CCC(C)C(=O)C1(C)C=CC(c2ccc3c(c2)CCCC3=O)C1.c1ccc(Cc2ccccc2)cc1. The Morgan fingerprint density at radius 1 is 0.902 bits per heavy atom. The highest BCUT2D eigenvalue weighted by atomic mass is 16.1. The Kier molecular flexibility index (Phi) is 14.0. The van der Waals surface area contributed by atoms with E-state index < -0.39 is 0 Å². The lowest BCUT2D eigenvalue weighted by molar-refractivity contribution is -0.129. The number of Topliss-reactive ketones (excluding diaryl/α,β-unsaturated/α-hetero) is 2. The second-order valence-electron chi connectivity index (χ2n) is 11.3. The summed E-state index contributed by atoms with van der Waals surface area (Å²) >= 11 is 0. The van der Waals surface area contributed by atoms with Crippen LogP contribution in [0.25, 0.3) is 0 Å². The van der Waals surface area contributed by atoms with E-state index in [9.17, 15) is 9.59 Å². The molecule has 0 spiro atoms.